The van der Waals surface area contributed by atoms with Crippen LogP contribution < -0.4 is 15.6 Å². The van der Waals surface area contributed by atoms with Gasteiger partial charge in [0, 0.05) is 35.1 Å². The van der Waals surface area contributed by atoms with E-state index in [4.69, 9.17) is 4.74 Å². The van der Waals surface area contributed by atoms with Crippen LogP contribution in [0.5, 0.6) is 6.01 Å². The number of nitrogens with one attached hydrogen (secondary N) is 3. The van der Waals surface area contributed by atoms with Crippen molar-refractivity contribution in [2.75, 3.05) is 13.1 Å². The summed E-state index contributed by atoms with van der Waals surface area (Å²) >= 11 is 1.54. The average molecular weight is 412 g/mol. The standard InChI is InChI=1S/C19H17FN6O2S/c20-12-3-4-21-9-15(12)28-19-23-14(8-16(27)24-19)17-11-7-10(18-22-5-6-29-18)1-2-13(11)25-26-17/h1-2,5-8,12,15,21H,3-4,9H2,(H,25,26)(H,23,24,27)/t12-,15-/m0/s1. The number of piperidine rings is 1. The third-order valence-electron chi connectivity index (χ3n) is 4.81. The first-order chi connectivity index (χ1) is 14.2. The monoisotopic (exact) mass is 412 g/mol. The third-order valence-corrected chi connectivity index (χ3v) is 5.64. The Kier molecular flexibility index (Phi) is 4.57. The molecule has 1 saturated heterocycles. The van der Waals surface area contributed by atoms with E-state index >= 15 is 0 Å². The van der Waals surface area contributed by atoms with Crippen molar-refractivity contribution in [3.8, 4) is 28.0 Å². The van der Waals surface area contributed by atoms with Gasteiger partial charge in [-0.2, -0.15) is 10.1 Å². The first kappa shape index (κ1) is 18.0. The molecule has 0 aliphatic carbocycles. The molecule has 2 atom stereocenters. The van der Waals surface area contributed by atoms with Crippen LogP contribution in [-0.4, -0.2) is 50.5 Å². The molecular formula is C19H17FN6O2S. The number of alkyl halides is 1. The summed E-state index contributed by atoms with van der Waals surface area (Å²) in [5.74, 6) is 0. The van der Waals surface area contributed by atoms with Gasteiger partial charge in [-0.05, 0) is 31.2 Å². The topological polar surface area (TPSA) is 109 Å². The fourth-order valence-corrected chi connectivity index (χ4v) is 4.01. The van der Waals surface area contributed by atoms with Gasteiger partial charge in [-0.15, -0.1) is 11.3 Å². The lowest BCUT2D eigenvalue weighted by Crippen LogP contribution is -2.45. The number of halogens is 1. The number of H-pyrrole nitrogens is 2. The van der Waals surface area contributed by atoms with Crippen molar-refractivity contribution >= 4 is 22.2 Å². The van der Waals surface area contributed by atoms with Gasteiger partial charge in [-0.3, -0.25) is 14.9 Å². The molecule has 1 aromatic carbocycles. The fourth-order valence-electron chi connectivity index (χ4n) is 3.38. The van der Waals surface area contributed by atoms with Gasteiger partial charge in [0.1, 0.15) is 28.7 Å². The van der Waals surface area contributed by atoms with E-state index in [1.165, 1.54) is 17.4 Å². The molecule has 1 aliphatic heterocycles. The van der Waals surface area contributed by atoms with Gasteiger partial charge in [-0.25, -0.2) is 9.37 Å². The number of benzene rings is 1. The summed E-state index contributed by atoms with van der Waals surface area (Å²) in [6.07, 6.45) is 0.297. The smallest absolute Gasteiger partial charge is 0.297 e. The minimum Gasteiger partial charge on any atom is -0.457 e. The van der Waals surface area contributed by atoms with Crippen molar-refractivity contribution < 1.29 is 9.13 Å². The van der Waals surface area contributed by atoms with Gasteiger partial charge < -0.3 is 10.1 Å². The average Bonchev–Trinajstić information content (AvgIpc) is 3.39. The molecule has 8 nitrogen and oxygen atoms in total. The second-order valence-corrected chi connectivity index (χ2v) is 7.67. The summed E-state index contributed by atoms with van der Waals surface area (Å²) in [5.41, 5.74) is 2.24. The van der Waals surface area contributed by atoms with E-state index in [-0.39, 0.29) is 6.01 Å². The zero-order valence-corrected chi connectivity index (χ0v) is 16.0. The van der Waals surface area contributed by atoms with E-state index in [0.717, 1.165) is 21.5 Å². The Labute approximate surface area is 168 Å². The van der Waals surface area contributed by atoms with Gasteiger partial charge in [0.05, 0.1) is 5.52 Å². The van der Waals surface area contributed by atoms with E-state index < -0.39 is 17.8 Å². The predicted octanol–water partition coefficient (Wildman–Crippen LogP) is 2.52. The molecule has 29 heavy (non-hydrogen) atoms. The number of aromatic nitrogens is 5. The molecule has 10 heteroatoms. The summed E-state index contributed by atoms with van der Waals surface area (Å²) in [6, 6.07) is 7.16. The zero-order valence-electron chi connectivity index (χ0n) is 15.2. The van der Waals surface area contributed by atoms with Crippen molar-refractivity contribution in [2.24, 2.45) is 0 Å². The maximum atomic E-state index is 14.1. The van der Waals surface area contributed by atoms with Crippen LogP contribution in [0.15, 0.2) is 40.6 Å². The molecule has 148 valence electrons. The summed E-state index contributed by atoms with van der Waals surface area (Å²) < 4.78 is 19.7. The van der Waals surface area contributed by atoms with Crippen molar-refractivity contribution in [1.29, 1.82) is 0 Å². The van der Waals surface area contributed by atoms with Crippen LogP contribution in [0.1, 0.15) is 6.42 Å². The molecule has 1 aliphatic rings. The van der Waals surface area contributed by atoms with E-state index in [9.17, 15) is 9.18 Å². The highest BCUT2D eigenvalue weighted by atomic mass is 32.1. The number of hydrogen-bond acceptors (Lipinski definition) is 7. The minimum absolute atomic E-state index is 0.0175. The van der Waals surface area contributed by atoms with Gasteiger partial charge in [0.2, 0.25) is 0 Å². The van der Waals surface area contributed by atoms with Crippen molar-refractivity contribution in [2.45, 2.75) is 18.7 Å². The van der Waals surface area contributed by atoms with E-state index in [2.05, 4.69) is 30.5 Å². The minimum atomic E-state index is -1.11. The Morgan fingerprint density at radius 1 is 1.28 bits per heavy atom. The molecule has 4 heterocycles. The molecule has 0 spiro atoms. The SMILES string of the molecule is O=c1cc(-c2n[nH]c3ccc(-c4nccs4)cc23)nc(O[C@H]2CNCC[C@@H]2F)[nH]1. The maximum absolute atomic E-state index is 14.1. The summed E-state index contributed by atoms with van der Waals surface area (Å²) in [6.45, 7) is 0.962. The molecule has 0 unspecified atom stereocenters. The number of hydrogen-bond donors (Lipinski definition) is 3. The Hall–Kier alpha value is -3.11. The molecule has 0 saturated carbocycles. The molecule has 3 aromatic heterocycles. The van der Waals surface area contributed by atoms with Crippen LogP contribution in [0.3, 0.4) is 0 Å². The van der Waals surface area contributed by atoms with Crippen LogP contribution in [0, 0.1) is 0 Å². The lowest BCUT2D eigenvalue weighted by Gasteiger charge is -2.26. The molecular weight excluding hydrogens is 395 g/mol. The lowest BCUT2D eigenvalue weighted by molar-refractivity contribution is 0.0666. The third kappa shape index (κ3) is 3.52. The van der Waals surface area contributed by atoms with Crippen molar-refractivity contribution in [3.05, 3.63) is 46.2 Å². The largest absolute Gasteiger partial charge is 0.457 e. The molecule has 4 aromatic rings. The predicted molar refractivity (Wildman–Crippen MR) is 108 cm³/mol. The van der Waals surface area contributed by atoms with Crippen LogP contribution in [-0.2, 0) is 0 Å². The quantitative estimate of drug-likeness (QED) is 0.475. The molecule has 0 radical (unpaired) electrons. The second kappa shape index (κ2) is 7.37. The number of nitrogens with zero attached hydrogens (tertiary/aromatic N) is 3. The van der Waals surface area contributed by atoms with Gasteiger partial charge in [0.25, 0.3) is 11.6 Å². The first-order valence-corrected chi connectivity index (χ1v) is 10.1. The van der Waals surface area contributed by atoms with Gasteiger partial charge >= 0.3 is 0 Å². The van der Waals surface area contributed by atoms with Gasteiger partial charge in [-0.1, -0.05) is 0 Å². The van der Waals surface area contributed by atoms with Crippen molar-refractivity contribution in [3.63, 3.8) is 0 Å². The fraction of sp³-hybridized carbons (Fsp3) is 0.263. The molecule has 5 rings (SSSR count). The Morgan fingerprint density at radius 2 is 2.21 bits per heavy atom. The normalized spacial score (nSPS) is 19.5. The highest BCUT2D eigenvalue weighted by molar-refractivity contribution is 7.13. The zero-order chi connectivity index (χ0) is 19.8. The molecule has 0 bridgehead atoms. The van der Waals surface area contributed by atoms with Crippen LogP contribution in [0.2, 0.25) is 0 Å². The van der Waals surface area contributed by atoms with Crippen LogP contribution in [0.25, 0.3) is 32.9 Å². The Morgan fingerprint density at radius 3 is 3.03 bits per heavy atom. The first-order valence-electron chi connectivity index (χ1n) is 9.18. The summed E-state index contributed by atoms with van der Waals surface area (Å²) in [5, 5.41) is 14.0. The Bertz CT molecular complexity index is 1210. The highest BCUT2D eigenvalue weighted by Crippen LogP contribution is 2.30. The van der Waals surface area contributed by atoms with Crippen LogP contribution in [0.4, 0.5) is 4.39 Å². The number of rotatable bonds is 4. The Balaban J connectivity index is 1.53. The molecule has 3 N–H and O–H groups in total. The number of aromatic amines is 2. The molecule has 1 fully saturated rings. The number of thiazole rings is 1. The molecule has 0 amide bonds. The second-order valence-electron chi connectivity index (χ2n) is 6.77. The summed E-state index contributed by atoms with van der Waals surface area (Å²) in [4.78, 5) is 23.4. The van der Waals surface area contributed by atoms with Gasteiger partial charge in [0.15, 0.2) is 0 Å². The number of fused-ring (bicyclic) bond motifs is 1. The van der Waals surface area contributed by atoms with E-state index in [0.29, 0.717) is 30.9 Å². The maximum Gasteiger partial charge on any atom is 0.297 e. The van der Waals surface area contributed by atoms with E-state index in [1.807, 2.05) is 23.6 Å². The van der Waals surface area contributed by atoms with Crippen LogP contribution >= 0.6 is 11.3 Å². The number of ether oxygens (including phenoxy) is 1. The van der Waals surface area contributed by atoms with E-state index in [1.54, 1.807) is 6.20 Å². The summed E-state index contributed by atoms with van der Waals surface area (Å²) in [7, 11) is 0. The highest BCUT2D eigenvalue weighted by Gasteiger charge is 2.27. The van der Waals surface area contributed by atoms with Crippen molar-refractivity contribution in [1.82, 2.24) is 30.5 Å². The lowest BCUT2D eigenvalue weighted by atomic mass is 10.1.